The molecule has 0 radical (unpaired) electrons. The van der Waals surface area contributed by atoms with E-state index in [0.29, 0.717) is 28.5 Å². The molecule has 1 aliphatic heterocycles. The molecule has 0 saturated heterocycles. The Morgan fingerprint density at radius 3 is 2.42 bits per heavy atom. The third-order valence-corrected chi connectivity index (χ3v) is 3.97. The minimum atomic E-state index is -0.601. The first-order valence-electron chi connectivity index (χ1n) is 8.05. The summed E-state index contributed by atoms with van der Waals surface area (Å²) >= 11 is 0. The highest BCUT2D eigenvalue weighted by Gasteiger charge is 2.31. The lowest BCUT2D eigenvalue weighted by Crippen LogP contribution is -2.26. The summed E-state index contributed by atoms with van der Waals surface area (Å²) in [5, 5.41) is 0.957. The number of cyclic esters (lactones) is 1. The summed E-state index contributed by atoms with van der Waals surface area (Å²) in [5.41, 5.74) is 0.865. The number of fused-ring (bicyclic) bond motifs is 2. The summed E-state index contributed by atoms with van der Waals surface area (Å²) in [6.45, 7) is 4.27. The molecule has 0 fully saturated rings. The Balaban J connectivity index is 2.40. The fourth-order valence-corrected chi connectivity index (χ4v) is 3.08. The second kappa shape index (κ2) is 6.67. The van der Waals surface area contributed by atoms with Gasteiger partial charge in [0.25, 0.3) is 0 Å². The van der Waals surface area contributed by atoms with Crippen molar-refractivity contribution >= 4 is 28.7 Å². The van der Waals surface area contributed by atoms with Gasteiger partial charge in [0, 0.05) is 26.3 Å². The molecule has 0 bridgehead atoms. The molecule has 136 valence electrons. The van der Waals surface area contributed by atoms with Gasteiger partial charge in [0.15, 0.2) is 5.75 Å². The van der Waals surface area contributed by atoms with Crippen molar-refractivity contribution in [2.24, 2.45) is 0 Å². The maximum absolute atomic E-state index is 12.5. The van der Waals surface area contributed by atoms with Crippen molar-refractivity contribution in [3.8, 4) is 17.2 Å². The summed E-state index contributed by atoms with van der Waals surface area (Å²) < 4.78 is 21.2. The number of benzene rings is 2. The number of methoxy groups -OCH3 is 1. The van der Waals surface area contributed by atoms with Crippen molar-refractivity contribution < 1.29 is 33.3 Å². The lowest BCUT2D eigenvalue weighted by atomic mass is 9.93. The van der Waals surface area contributed by atoms with Gasteiger partial charge in [0.2, 0.25) is 0 Å². The van der Waals surface area contributed by atoms with Crippen molar-refractivity contribution in [3.05, 3.63) is 29.3 Å². The normalized spacial score (nSPS) is 15.8. The quantitative estimate of drug-likeness (QED) is 0.616. The lowest BCUT2D eigenvalue weighted by Gasteiger charge is -2.25. The van der Waals surface area contributed by atoms with Crippen molar-refractivity contribution in [3.63, 3.8) is 0 Å². The van der Waals surface area contributed by atoms with Crippen LogP contribution in [0, 0.1) is 0 Å². The van der Waals surface area contributed by atoms with E-state index in [1.165, 1.54) is 27.0 Å². The van der Waals surface area contributed by atoms with Gasteiger partial charge in [-0.15, -0.1) is 0 Å². The van der Waals surface area contributed by atoms with Gasteiger partial charge in [-0.2, -0.15) is 0 Å². The molecule has 0 aromatic heterocycles. The maximum atomic E-state index is 12.5. The van der Waals surface area contributed by atoms with Crippen LogP contribution in [0.3, 0.4) is 0 Å². The molecule has 2 aromatic rings. The molecule has 1 unspecified atom stereocenters. The zero-order chi connectivity index (χ0) is 19.0. The molecule has 0 aliphatic carbocycles. The summed E-state index contributed by atoms with van der Waals surface area (Å²) in [6, 6.07) is 5.02. The monoisotopic (exact) mass is 358 g/mol. The lowest BCUT2D eigenvalue weighted by molar-refractivity contribution is -0.132. The first-order chi connectivity index (χ1) is 12.3. The number of rotatable bonds is 3. The van der Waals surface area contributed by atoms with Crippen molar-refractivity contribution in [2.45, 2.75) is 33.3 Å². The van der Waals surface area contributed by atoms with Gasteiger partial charge in [0.1, 0.15) is 23.2 Å². The standard InChI is InChI=1S/C19H18O7/c1-9-5-12-6-13-7-14(23-4)8-15(25-10(2)20)16(13)18(26-11(3)21)17(12)19(22)24-9/h6-9H,5H2,1-4H3. The molecular weight excluding hydrogens is 340 g/mol. The average Bonchev–Trinajstić information content (AvgIpc) is 2.52. The summed E-state index contributed by atoms with van der Waals surface area (Å²) in [4.78, 5) is 35.6. The first kappa shape index (κ1) is 17.7. The molecule has 1 atom stereocenters. The predicted octanol–water partition coefficient (Wildman–Crippen LogP) is 2.80. The van der Waals surface area contributed by atoms with Gasteiger partial charge in [-0.25, -0.2) is 4.79 Å². The molecule has 0 spiro atoms. The van der Waals surface area contributed by atoms with Gasteiger partial charge in [-0.3, -0.25) is 9.59 Å². The van der Waals surface area contributed by atoms with E-state index < -0.39 is 17.9 Å². The SMILES string of the molecule is COc1cc(OC(C)=O)c2c(OC(C)=O)c3c(cc2c1)CC(C)OC3=O. The van der Waals surface area contributed by atoms with Gasteiger partial charge in [-0.1, -0.05) is 0 Å². The fourth-order valence-electron chi connectivity index (χ4n) is 3.08. The van der Waals surface area contributed by atoms with Gasteiger partial charge in [0.05, 0.1) is 12.5 Å². The Hall–Kier alpha value is -3.09. The van der Waals surface area contributed by atoms with Gasteiger partial charge >= 0.3 is 17.9 Å². The van der Waals surface area contributed by atoms with Crippen LogP contribution >= 0.6 is 0 Å². The van der Waals surface area contributed by atoms with Crippen molar-refractivity contribution in [1.29, 1.82) is 0 Å². The summed E-state index contributed by atoms with van der Waals surface area (Å²) in [5.74, 6) is -1.11. The van der Waals surface area contributed by atoms with E-state index in [2.05, 4.69) is 0 Å². The summed E-state index contributed by atoms with van der Waals surface area (Å²) in [7, 11) is 1.49. The second-order valence-corrected chi connectivity index (χ2v) is 6.07. The Kier molecular flexibility index (Phi) is 4.54. The molecule has 0 N–H and O–H groups in total. The van der Waals surface area contributed by atoms with Gasteiger partial charge in [-0.05, 0) is 30.0 Å². The van der Waals surface area contributed by atoms with Crippen LogP contribution in [0.1, 0.15) is 36.7 Å². The number of hydrogen-bond acceptors (Lipinski definition) is 7. The molecule has 26 heavy (non-hydrogen) atoms. The highest BCUT2D eigenvalue weighted by atomic mass is 16.6. The Bertz CT molecular complexity index is 929. The van der Waals surface area contributed by atoms with E-state index in [-0.39, 0.29) is 23.2 Å². The molecule has 7 heteroatoms. The molecule has 1 heterocycles. The zero-order valence-electron chi connectivity index (χ0n) is 14.9. The smallest absolute Gasteiger partial charge is 0.342 e. The van der Waals surface area contributed by atoms with Crippen LogP contribution in [0.2, 0.25) is 0 Å². The first-order valence-corrected chi connectivity index (χ1v) is 8.05. The largest absolute Gasteiger partial charge is 0.497 e. The average molecular weight is 358 g/mol. The molecule has 7 nitrogen and oxygen atoms in total. The molecular formula is C19H18O7. The van der Waals surface area contributed by atoms with E-state index in [1.807, 2.05) is 0 Å². The van der Waals surface area contributed by atoms with E-state index in [9.17, 15) is 14.4 Å². The van der Waals surface area contributed by atoms with Crippen LogP contribution in [-0.4, -0.2) is 31.1 Å². The minimum absolute atomic E-state index is 0.0285. The van der Waals surface area contributed by atoms with Crippen LogP contribution in [-0.2, 0) is 20.7 Å². The van der Waals surface area contributed by atoms with E-state index in [4.69, 9.17) is 18.9 Å². The van der Waals surface area contributed by atoms with Crippen LogP contribution < -0.4 is 14.2 Å². The van der Waals surface area contributed by atoms with E-state index in [1.54, 1.807) is 19.1 Å². The molecule has 2 aromatic carbocycles. The Morgan fingerprint density at radius 1 is 1.12 bits per heavy atom. The minimum Gasteiger partial charge on any atom is -0.497 e. The third-order valence-electron chi connectivity index (χ3n) is 3.97. The van der Waals surface area contributed by atoms with Crippen molar-refractivity contribution in [2.75, 3.05) is 7.11 Å². The number of carbonyl (C=O) groups is 3. The number of carbonyl (C=O) groups excluding carboxylic acids is 3. The predicted molar refractivity (Wildman–Crippen MR) is 91.7 cm³/mol. The molecule has 0 saturated carbocycles. The van der Waals surface area contributed by atoms with E-state index in [0.717, 1.165) is 0 Å². The number of hydrogen-bond donors (Lipinski definition) is 0. The molecule has 3 rings (SSSR count). The Morgan fingerprint density at radius 2 is 1.81 bits per heavy atom. The number of esters is 3. The van der Waals surface area contributed by atoms with Crippen LogP contribution in [0.25, 0.3) is 10.8 Å². The highest BCUT2D eigenvalue weighted by Crippen LogP contribution is 2.43. The maximum Gasteiger partial charge on any atom is 0.342 e. The van der Waals surface area contributed by atoms with Crippen LogP contribution in [0.15, 0.2) is 18.2 Å². The van der Waals surface area contributed by atoms with Gasteiger partial charge < -0.3 is 18.9 Å². The second-order valence-electron chi connectivity index (χ2n) is 6.07. The highest BCUT2D eigenvalue weighted by molar-refractivity contribution is 6.07. The topological polar surface area (TPSA) is 88.1 Å². The van der Waals surface area contributed by atoms with Crippen molar-refractivity contribution in [1.82, 2.24) is 0 Å². The Labute approximate surface area is 149 Å². The third kappa shape index (κ3) is 3.20. The number of ether oxygens (including phenoxy) is 4. The molecule has 0 amide bonds. The van der Waals surface area contributed by atoms with E-state index >= 15 is 0 Å². The fraction of sp³-hybridized carbons (Fsp3) is 0.316. The molecule has 1 aliphatic rings. The summed E-state index contributed by atoms with van der Waals surface area (Å²) in [6.07, 6.45) is 0.182. The van der Waals surface area contributed by atoms with Crippen LogP contribution in [0.5, 0.6) is 17.2 Å². The zero-order valence-corrected chi connectivity index (χ0v) is 14.9. The van der Waals surface area contributed by atoms with Crippen LogP contribution in [0.4, 0.5) is 0 Å².